The highest BCUT2D eigenvalue weighted by Gasteiger charge is 2.45. The number of nitrogens with zero attached hydrogens (tertiary/aromatic N) is 2. The van der Waals surface area contributed by atoms with Crippen LogP contribution in [-0.2, 0) is 16.1 Å². The first-order valence-corrected chi connectivity index (χ1v) is 8.93. The van der Waals surface area contributed by atoms with Gasteiger partial charge in [0.15, 0.2) is 0 Å². The Kier molecular flexibility index (Phi) is 5.29. The highest BCUT2D eigenvalue weighted by molar-refractivity contribution is 6.30. The number of benzene rings is 1. The van der Waals surface area contributed by atoms with Gasteiger partial charge in [-0.3, -0.25) is 9.59 Å². The summed E-state index contributed by atoms with van der Waals surface area (Å²) in [6, 6.07) is 6.44. The fourth-order valence-electron chi connectivity index (χ4n) is 3.77. The highest BCUT2D eigenvalue weighted by atomic mass is 35.5. The first-order chi connectivity index (χ1) is 11.9. The fraction of sp³-hybridized carbons (Fsp3) is 0.556. The number of hydrogen-bond donors (Lipinski definition) is 1. The maximum Gasteiger partial charge on any atom is 0.242 e. The van der Waals surface area contributed by atoms with E-state index in [4.69, 9.17) is 17.3 Å². The van der Waals surface area contributed by atoms with Gasteiger partial charge in [0.1, 0.15) is 12.7 Å². The van der Waals surface area contributed by atoms with Gasteiger partial charge in [0.2, 0.25) is 11.8 Å². The molecule has 7 heteroatoms. The maximum absolute atomic E-state index is 12.6. The van der Waals surface area contributed by atoms with E-state index >= 15 is 0 Å². The van der Waals surface area contributed by atoms with Crippen LogP contribution in [0.2, 0.25) is 5.02 Å². The SMILES string of the molecule is NC(CF)C(=O)N1CCC2(CC1)CC(=O)N(Cc1ccc(Cl)cc1)C2. The van der Waals surface area contributed by atoms with Crippen molar-refractivity contribution >= 4 is 23.4 Å². The highest BCUT2D eigenvalue weighted by Crippen LogP contribution is 2.41. The lowest BCUT2D eigenvalue weighted by molar-refractivity contribution is -0.135. The summed E-state index contributed by atoms with van der Waals surface area (Å²) < 4.78 is 12.6. The van der Waals surface area contributed by atoms with Crippen LogP contribution in [0.1, 0.15) is 24.8 Å². The molecule has 0 bridgehead atoms. The number of halogens is 2. The van der Waals surface area contributed by atoms with E-state index in [2.05, 4.69) is 0 Å². The van der Waals surface area contributed by atoms with Crippen LogP contribution in [-0.4, -0.2) is 54.0 Å². The zero-order valence-electron chi connectivity index (χ0n) is 14.1. The van der Waals surface area contributed by atoms with Crippen LogP contribution < -0.4 is 5.73 Å². The summed E-state index contributed by atoms with van der Waals surface area (Å²) in [6.45, 7) is 1.51. The number of nitrogens with two attached hydrogens (primary N) is 1. The van der Waals surface area contributed by atoms with Crippen molar-refractivity contribution in [3.05, 3.63) is 34.9 Å². The molecule has 0 aromatic heterocycles. The molecule has 3 rings (SSSR count). The standard InChI is InChI=1S/C18H23ClFN3O2/c19-14-3-1-13(2-4-14)11-23-12-18(9-16(23)24)5-7-22(8-6-18)17(25)15(21)10-20/h1-4,15H,5-12,21H2. The Labute approximate surface area is 151 Å². The van der Waals surface area contributed by atoms with Gasteiger partial charge in [-0.1, -0.05) is 23.7 Å². The monoisotopic (exact) mass is 367 g/mol. The Hall–Kier alpha value is -1.66. The molecule has 1 aromatic carbocycles. The number of carbonyl (C=O) groups excluding carboxylic acids is 2. The normalized spacial score (nSPS) is 21.0. The molecule has 2 aliphatic rings. The van der Waals surface area contributed by atoms with Crippen molar-refractivity contribution in [3.8, 4) is 0 Å². The second kappa shape index (κ2) is 7.30. The number of alkyl halides is 1. The molecule has 1 unspecified atom stereocenters. The third kappa shape index (κ3) is 3.96. The zero-order chi connectivity index (χ0) is 18.0. The third-order valence-electron chi connectivity index (χ3n) is 5.31. The Balaban J connectivity index is 1.59. The molecular weight excluding hydrogens is 345 g/mol. The van der Waals surface area contributed by atoms with Gasteiger partial charge in [0.05, 0.1) is 0 Å². The average Bonchev–Trinajstić information content (AvgIpc) is 2.91. The summed E-state index contributed by atoms with van der Waals surface area (Å²) in [5.74, 6) is -0.185. The zero-order valence-corrected chi connectivity index (χ0v) is 14.8. The van der Waals surface area contributed by atoms with Crippen molar-refractivity contribution in [2.75, 3.05) is 26.3 Å². The molecule has 0 saturated carbocycles. The van der Waals surface area contributed by atoms with Gasteiger partial charge in [-0.05, 0) is 30.5 Å². The molecule has 25 heavy (non-hydrogen) atoms. The van der Waals surface area contributed by atoms with E-state index in [0.29, 0.717) is 37.6 Å². The van der Waals surface area contributed by atoms with Crippen molar-refractivity contribution in [2.24, 2.45) is 11.1 Å². The van der Waals surface area contributed by atoms with Crippen molar-refractivity contribution in [3.63, 3.8) is 0 Å². The average molecular weight is 368 g/mol. The van der Waals surface area contributed by atoms with Crippen molar-refractivity contribution < 1.29 is 14.0 Å². The molecule has 0 radical (unpaired) electrons. The predicted molar refractivity (Wildman–Crippen MR) is 93.7 cm³/mol. The molecule has 2 amide bonds. The molecule has 2 N–H and O–H groups in total. The summed E-state index contributed by atoms with van der Waals surface area (Å²) >= 11 is 5.90. The topological polar surface area (TPSA) is 66.6 Å². The van der Waals surface area contributed by atoms with E-state index in [1.54, 1.807) is 4.90 Å². The number of carbonyl (C=O) groups is 2. The maximum atomic E-state index is 12.6. The molecular formula is C18H23ClFN3O2. The second-order valence-corrected chi connectivity index (χ2v) is 7.58. The summed E-state index contributed by atoms with van der Waals surface area (Å²) in [4.78, 5) is 28.0. The molecule has 2 aliphatic heterocycles. The molecule has 0 aliphatic carbocycles. The molecule has 1 aromatic rings. The molecule has 2 fully saturated rings. The van der Waals surface area contributed by atoms with Crippen LogP contribution in [0.25, 0.3) is 0 Å². The Morgan fingerprint density at radius 2 is 1.92 bits per heavy atom. The van der Waals surface area contributed by atoms with E-state index < -0.39 is 12.7 Å². The van der Waals surface area contributed by atoms with Crippen molar-refractivity contribution in [1.82, 2.24) is 9.80 Å². The van der Waals surface area contributed by atoms with E-state index in [-0.39, 0.29) is 17.2 Å². The van der Waals surface area contributed by atoms with Crippen molar-refractivity contribution in [1.29, 1.82) is 0 Å². The first-order valence-electron chi connectivity index (χ1n) is 8.55. The van der Waals surface area contributed by atoms with E-state index in [1.165, 1.54) is 0 Å². The van der Waals surface area contributed by atoms with E-state index in [1.807, 2.05) is 29.2 Å². The van der Waals surface area contributed by atoms with Crippen LogP contribution in [0.15, 0.2) is 24.3 Å². The Morgan fingerprint density at radius 3 is 2.52 bits per heavy atom. The number of amides is 2. The minimum atomic E-state index is -1.07. The van der Waals surface area contributed by atoms with Gasteiger partial charge in [0, 0.05) is 43.0 Å². The van der Waals surface area contributed by atoms with Gasteiger partial charge in [-0.2, -0.15) is 0 Å². The molecule has 5 nitrogen and oxygen atoms in total. The third-order valence-corrected chi connectivity index (χ3v) is 5.56. The van der Waals surface area contributed by atoms with Gasteiger partial charge >= 0.3 is 0 Å². The minimum Gasteiger partial charge on any atom is -0.341 e. The quantitative estimate of drug-likeness (QED) is 0.884. The van der Waals surface area contributed by atoms with Crippen LogP contribution in [0.5, 0.6) is 0 Å². The fourth-order valence-corrected chi connectivity index (χ4v) is 3.90. The van der Waals surface area contributed by atoms with Gasteiger partial charge in [0.25, 0.3) is 0 Å². The number of rotatable bonds is 4. The van der Waals surface area contributed by atoms with Crippen molar-refractivity contribution in [2.45, 2.75) is 31.8 Å². The van der Waals surface area contributed by atoms with Gasteiger partial charge in [-0.15, -0.1) is 0 Å². The lowest BCUT2D eigenvalue weighted by atomic mass is 9.77. The minimum absolute atomic E-state index is 0.0832. The summed E-state index contributed by atoms with van der Waals surface area (Å²) in [7, 11) is 0. The smallest absolute Gasteiger partial charge is 0.242 e. The lowest BCUT2D eigenvalue weighted by Crippen LogP contribution is -2.50. The summed E-state index contributed by atoms with van der Waals surface area (Å²) in [5, 5.41) is 0.677. The second-order valence-electron chi connectivity index (χ2n) is 7.14. The Bertz CT molecular complexity index is 644. The molecule has 1 atom stereocenters. The van der Waals surface area contributed by atoms with Crippen LogP contribution in [0, 0.1) is 5.41 Å². The van der Waals surface area contributed by atoms with Gasteiger partial charge in [-0.25, -0.2) is 4.39 Å². The number of hydrogen-bond acceptors (Lipinski definition) is 3. The van der Waals surface area contributed by atoms with E-state index in [9.17, 15) is 14.0 Å². The number of piperidine rings is 1. The summed E-state index contributed by atoms with van der Waals surface area (Å²) in [6.07, 6.45) is 2.01. The van der Waals surface area contributed by atoms with Crippen LogP contribution in [0.4, 0.5) is 4.39 Å². The van der Waals surface area contributed by atoms with Crippen LogP contribution in [0.3, 0.4) is 0 Å². The van der Waals surface area contributed by atoms with Crippen LogP contribution >= 0.6 is 11.6 Å². The largest absolute Gasteiger partial charge is 0.341 e. The van der Waals surface area contributed by atoms with E-state index in [0.717, 1.165) is 18.4 Å². The molecule has 2 saturated heterocycles. The predicted octanol–water partition coefficient (Wildman–Crippen LogP) is 1.98. The van der Waals surface area contributed by atoms with Gasteiger partial charge < -0.3 is 15.5 Å². The lowest BCUT2D eigenvalue weighted by Gasteiger charge is -2.39. The summed E-state index contributed by atoms with van der Waals surface area (Å²) in [5.41, 5.74) is 6.46. The first kappa shape index (κ1) is 18.1. The molecule has 136 valence electrons. The molecule has 2 heterocycles. The number of likely N-dealkylation sites (tertiary alicyclic amines) is 2. The Morgan fingerprint density at radius 1 is 1.28 bits per heavy atom. The molecule has 1 spiro atoms.